The molecule has 0 unspecified atom stereocenters. The molecule has 0 aliphatic heterocycles. The first-order valence-corrected chi connectivity index (χ1v) is 9.83. The molecule has 0 fully saturated rings. The Morgan fingerprint density at radius 2 is 1.77 bits per heavy atom. The molecule has 1 heterocycles. The quantitative estimate of drug-likeness (QED) is 0.727. The molecule has 2 N–H and O–H groups in total. The highest BCUT2D eigenvalue weighted by Gasteiger charge is 2.20. The molecule has 134 valence electrons. The molecule has 0 atom stereocenters. The van der Waals surface area contributed by atoms with Gasteiger partial charge in [0.2, 0.25) is 0 Å². The van der Waals surface area contributed by atoms with Crippen molar-refractivity contribution in [3.8, 4) is 0 Å². The SMILES string of the molecule is O=C(O)c1ccc(S(=O)(=O)Nc2ccc3oc4c(c3c2)CCCC4)cc1. The Morgan fingerprint density at radius 3 is 2.50 bits per heavy atom. The minimum atomic E-state index is -3.80. The molecule has 2 aromatic carbocycles. The van der Waals surface area contributed by atoms with E-state index in [4.69, 9.17) is 9.52 Å². The van der Waals surface area contributed by atoms with E-state index >= 15 is 0 Å². The lowest BCUT2D eigenvalue weighted by Crippen LogP contribution is -2.13. The first-order valence-electron chi connectivity index (χ1n) is 8.34. The summed E-state index contributed by atoms with van der Waals surface area (Å²) in [6, 6.07) is 10.3. The van der Waals surface area contributed by atoms with Gasteiger partial charge in [0.15, 0.2) is 0 Å². The molecule has 0 saturated carbocycles. The van der Waals surface area contributed by atoms with Gasteiger partial charge < -0.3 is 9.52 Å². The molecule has 1 aliphatic rings. The van der Waals surface area contributed by atoms with E-state index in [0.717, 1.165) is 48.0 Å². The molecule has 1 aliphatic carbocycles. The van der Waals surface area contributed by atoms with Crippen LogP contribution in [0, 0.1) is 0 Å². The maximum Gasteiger partial charge on any atom is 0.335 e. The Kier molecular flexibility index (Phi) is 3.96. The van der Waals surface area contributed by atoms with Crippen LogP contribution >= 0.6 is 0 Å². The van der Waals surface area contributed by atoms with E-state index in [1.165, 1.54) is 24.3 Å². The number of hydrogen-bond donors (Lipinski definition) is 2. The number of furan rings is 1. The Hall–Kier alpha value is -2.80. The zero-order valence-electron chi connectivity index (χ0n) is 13.9. The summed E-state index contributed by atoms with van der Waals surface area (Å²) in [7, 11) is -3.80. The molecular formula is C19H17NO5S. The number of carbonyl (C=O) groups is 1. The second kappa shape index (κ2) is 6.17. The fourth-order valence-corrected chi connectivity index (χ4v) is 4.37. The molecule has 4 rings (SSSR count). The van der Waals surface area contributed by atoms with E-state index in [0.29, 0.717) is 5.69 Å². The zero-order valence-corrected chi connectivity index (χ0v) is 14.7. The average molecular weight is 371 g/mol. The fourth-order valence-electron chi connectivity index (χ4n) is 3.32. The molecule has 0 spiro atoms. The highest BCUT2D eigenvalue weighted by atomic mass is 32.2. The topological polar surface area (TPSA) is 96.6 Å². The molecule has 0 saturated heterocycles. The number of aryl methyl sites for hydroxylation is 2. The van der Waals surface area contributed by atoms with E-state index in [9.17, 15) is 13.2 Å². The summed E-state index contributed by atoms with van der Waals surface area (Å²) in [4.78, 5) is 10.9. The van der Waals surface area contributed by atoms with Crippen molar-refractivity contribution in [1.29, 1.82) is 0 Å². The number of anilines is 1. The van der Waals surface area contributed by atoms with Gasteiger partial charge in [0.05, 0.1) is 10.5 Å². The maximum absolute atomic E-state index is 12.6. The van der Waals surface area contributed by atoms with Crippen molar-refractivity contribution in [1.82, 2.24) is 0 Å². The van der Waals surface area contributed by atoms with Crippen LogP contribution in [0.5, 0.6) is 0 Å². The summed E-state index contributed by atoms with van der Waals surface area (Å²) in [5, 5.41) is 9.86. The van der Waals surface area contributed by atoms with Crippen LogP contribution in [0.4, 0.5) is 5.69 Å². The van der Waals surface area contributed by atoms with Crippen LogP contribution in [0.15, 0.2) is 51.8 Å². The number of sulfonamides is 1. The lowest BCUT2D eigenvalue weighted by Gasteiger charge is -2.10. The van der Waals surface area contributed by atoms with Crippen LogP contribution in [0.3, 0.4) is 0 Å². The molecule has 3 aromatic rings. The summed E-state index contributed by atoms with van der Waals surface area (Å²) in [5.74, 6) is -0.104. The van der Waals surface area contributed by atoms with Gasteiger partial charge in [0.25, 0.3) is 10.0 Å². The fraction of sp³-hybridized carbons (Fsp3) is 0.211. The summed E-state index contributed by atoms with van der Waals surface area (Å²) in [5.41, 5.74) is 2.42. The zero-order chi connectivity index (χ0) is 18.3. The predicted molar refractivity (Wildman–Crippen MR) is 97.1 cm³/mol. The molecule has 26 heavy (non-hydrogen) atoms. The van der Waals surface area contributed by atoms with Crippen molar-refractivity contribution >= 4 is 32.6 Å². The maximum atomic E-state index is 12.6. The highest BCUT2D eigenvalue weighted by Crippen LogP contribution is 2.33. The minimum absolute atomic E-state index is 0.0109. The second-order valence-electron chi connectivity index (χ2n) is 6.36. The van der Waals surface area contributed by atoms with Crippen LogP contribution in [0.25, 0.3) is 11.0 Å². The number of carboxylic acids is 1. The molecule has 0 bridgehead atoms. The predicted octanol–water partition coefficient (Wildman–Crippen LogP) is 3.81. The van der Waals surface area contributed by atoms with E-state index in [1.807, 2.05) is 0 Å². The van der Waals surface area contributed by atoms with Crippen LogP contribution < -0.4 is 4.72 Å². The van der Waals surface area contributed by atoms with Crippen molar-refractivity contribution in [2.75, 3.05) is 4.72 Å². The largest absolute Gasteiger partial charge is 0.478 e. The number of benzene rings is 2. The minimum Gasteiger partial charge on any atom is -0.478 e. The molecule has 6 nitrogen and oxygen atoms in total. The highest BCUT2D eigenvalue weighted by molar-refractivity contribution is 7.92. The summed E-state index contributed by atoms with van der Waals surface area (Å²) in [6.45, 7) is 0. The molecule has 1 aromatic heterocycles. The monoisotopic (exact) mass is 371 g/mol. The summed E-state index contributed by atoms with van der Waals surface area (Å²) < 4.78 is 33.5. The van der Waals surface area contributed by atoms with Crippen molar-refractivity contribution in [3.05, 3.63) is 59.4 Å². The number of aromatic carboxylic acids is 1. The van der Waals surface area contributed by atoms with Gasteiger partial charge in [-0.25, -0.2) is 13.2 Å². The normalized spacial score (nSPS) is 14.2. The number of nitrogens with one attached hydrogen (secondary N) is 1. The van der Waals surface area contributed by atoms with E-state index in [1.54, 1.807) is 18.2 Å². The van der Waals surface area contributed by atoms with E-state index in [-0.39, 0.29) is 10.5 Å². The van der Waals surface area contributed by atoms with Crippen molar-refractivity contribution in [2.24, 2.45) is 0 Å². The van der Waals surface area contributed by atoms with Crippen LogP contribution in [0.2, 0.25) is 0 Å². The van der Waals surface area contributed by atoms with Crippen molar-refractivity contribution < 1.29 is 22.7 Å². The van der Waals surface area contributed by atoms with E-state index < -0.39 is 16.0 Å². The smallest absolute Gasteiger partial charge is 0.335 e. The molecule has 0 radical (unpaired) electrons. The Balaban J connectivity index is 1.66. The number of hydrogen-bond acceptors (Lipinski definition) is 4. The Morgan fingerprint density at radius 1 is 1.04 bits per heavy atom. The summed E-state index contributed by atoms with van der Waals surface area (Å²) >= 11 is 0. The van der Waals surface area contributed by atoms with Crippen molar-refractivity contribution in [2.45, 2.75) is 30.6 Å². The summed E-state index contributed by atoms with van der Waals surface area (Å²) in [6.07, 6.45) is 4.07. The third-order valence-corrected chi connectivity index (χ3v) is 6.02. The number of carboxylic acid groups (broad SMARTS) is 1. The first-order chi connectivity index (χ1) is 12.4. The molecule has 0 amide bonds. The van der Waals surface area contributed by atoms with Crippen molar-refractivity contribution in [3.63, 3.8) is 0 Å². The van der Waals surface area contributed by atoms with Gasteiger partial charge in [-0.05, 0) is 61.7 Å². The lowest BCUT2D eigenvalue weighted by atomic mass is 9.96. The van der Waals surface area contributed by atoms with Gasteiger partial charge in [-0.3, -0.25) is 4.72 Å². The standard InChI is InChI=1S/C19H17NO5S/c21-19(22)12-5-8-14(9-6-12)26(23,24)20-13-7-10-18-16(11-13)15-3-1-2-4-17(15)25-18/h5-11,20H,1-4H2,(H,21,22). The van der Waals surface area contributed by atoms with Gasteiger partial charge in [0, 0.05) is 23.1 Å². The van der Waals surface area contributed by atoms with Crippen LogP contribution in [-0.2, 0) is 22.9 Å². The van der Waals surface area contributed by atoms with Gasteiger partial charge in [-0.2, -0.15) is 0 Å². The van der Waals surface area contributed by atoms with Gasteiger partial charge in [-0.1, -0.05) is 0 Å². The average Bonchev–Trinajstić information content (AvgIpc) is 2.99. The third kappa shape index (κ3) is 2.94. The van der Waals surface area contributed by atoms with Gasteiger partial charge in [0.1, 0.15) is 11.3 Å². The van der Waals surface area contributed by atoms with E-state index in [2.05, 4.69) is 4.72 Å². The van der Waals surface area contributed by atoms with Crippen LogP contribution in [0.1, 0.15) is 34.5 Å². The Labute approximate surface area is 150 Å². The van der Waals surface area contributed by atoms with Gasteiger partial charge in [-0.15, -0.1) is 0 Å². The number of rotatable bonds is 4. The first kappa shape index (κ1) is 16.7. The van der Waals surface area contributed by atoms with Crippen LogP contribution in [-0.4, -0.2) is 19.5 Å². The third-order valence-electron chi connectivity index (χ3n) is 4.62. The molecular weight excluding hydrogens is 354 g/mol. The lowest BCUT2D eigenvalue weighted by molar-refractivity contribution is 0.0696. The Bertz CT molecular complexity index is 1100. The second-order valence-corrected chi connectivity index (χ2v) is 8.04. The number of fused-ring (bicyclic) bond motifs is 3. The molecule has 7 heteroatoms. The van der Waals surface area contributed by atoms with Gasteiger partial charge >= 0.3 is 5.97 Å².